The highest BCUT2D eigenvalue weighted by Crippen LogP contribution is 2.38. The molecule has 2 heterocycles. The highest BCUT2D eigenvalue weighted by molar-refractivity contribution is 7.89. The third-order valence-electron chi connectivity index (χ3n) is 4.66. The highest BCUT2D eigenvalue weighted by atomic mass is 32.2. The van der Waals surface area contributed by atoms with Crippen molar-refractivity contribution in [2.45, 2.75) is 49.8 Å². The van der Waals surface area contributed by atoms with Crippen molar-refractivity contribution in [2.24, 2.45) is 11.1 Å². The summed E-state index contributed by atoms with van der Waals surface area (Å²) in [6.45, 7) is 2.02. The number of aromatic nitrogens is 3. The number of pyridine rings is 1. The Kier molecular flexibility index (Phi) is 5.55. The van der Waals surface area contributed by atoms with E-state index in [-0.39, 0.29) is 22.7 Å². The molecule has 3 rings (SSSR count). The lowest BCUT2D eigenvalue weighted by molar-refractivity contribution is -0.141. The van der Waals surface area contributed by atoms with Gasteiger partial charge >= 0.3 is 6.18 Å². The zero-order valence-electron chi connectivity index (χ0n) is 15.3. The summed E-state index contributed by atoms with van der Waals surface area (Å²) in [4.78, 5) is 3.53. The number of nitriles is 1. The summed E-state index contributed by atoms with van der Waals surface area (Å²) in [6.07, 6.45) is -1.22. The van der Waals surface area contributed by atoms with Crippen molar-refractivity contribution in [2.75, 3.05) is 0 Å². The van der Waals surface area contributed by atoms with Crippen LogP contribution in [0, 0.1) is 17.2 Å². The molecule has 0 aliphatic heterocycles. The minimum Gasteiger partial charge on any atom is -0.473 e. The second-order valence-corrected chi connectivity index (χ2v) is 8.52. The van der Waals surface area contributed by atoms with E-state index >= 15 is 0 Å². The van der Waals surface area contributed by atoms with Crippen LogP contribution in [0.25, 0.3) is 5.82 Å². The van der Waals surface area contributed by atoms with Gasteiger partial charge in [0.05, 0.1) is 0 Å². The molecular weight excluding hydrogens is 411 g/mol. The maximum Gasteiger partial charge on any atom is 0.436 e. The largest absolute Gasteiger partial charge is 0.473 e. The molecule has 0 aromatic carbocycles. The van der Waals surface area contributed by atoms with Gasteiger partial charge in [-0.3, -0.25) is 0 Å². The molecule has 2 atom stereocenters. The quantitative estimate of drug-likeness (QED) is 0.797. The van der Waals surface area contributed by atoms with Crippen molar-refractivity contribution in [1.29, 1.82) is 5.26 Å². The second kappa shape index (κ2) is 7.64. The van der Waals surface area contributed by atoms with Gasteiger partial charge in [0.2, 0.25) is 15.9 Å². The predicted molar refractivity (Wildman–Crippen MR) is 94.5 cm³/mol. The molecule has 2 unspecified atom stereocenters. The summed E-state index contributed by atoms with van der Waals surface area (Å²) < 4.78 is 69.5. The van der Waals surface area contributed by atoms with E-state index < -0.39 is 27.5 Å². The first-order valence-electron chi connectivity index (χ1n) is 8.77. The number of hydrogen-bond donors (Lipinski definition) is 1. The van der Waals surface area contributed by atoms with Crippen LogP contribution < -0.4 is 9.88 Å². The van der Waals surface area contributed by atoms with Crippen molar-refractivity contribution in [3.8, 4) is 17.8 Å². The Morgan fingerprint density at radius 1 is 1.34 bits per heavy atom. The number of halogens is 3. The van der Waals surface area contributed by atoms with Gasteiger partial charge in [0.1, 0.15) is 22.6 Å². The second-order valence-electron chi connectivity index (χ2n) is 6.96. The molecule has 0 amide bonds. The summed E-state index contributed by atoms with van der Waals surface area (Å²) >= 11 is 0. The first kappa shape index (κ1) is 21.1. The van der Waals surface area contributed by atoms with Crippen LogP contribution in [0.15, 0.2) is 23.2 Å². The minimum atomic E-state index is -4.88. The van der Waals surface area contributed by atoms with Gasteiger partial charge < -0.3 is 4.74 Å². The fourth-order valence-electron chi connectivity index (χ4n) is 3.28. The van der Waals surface area contributed by atoms with Gasteiger partial charge in [0, 0.05) is 6.20 Å². The number of nitrogens with two attached hydrogens (primary N) is 1. The van der Waals surface area contributed by atoms with Crippen LogP contribution in [0.5, 0.6) is 5.88 Å². The van der Waals surface area contributed by atoms with Crippen LogP contribution in [0.4, 0.5) is 13.2 Å². The normalized spacial score (nSPS) is 20.3. The molecule has 1 saturated carbocycles. The third-order valence-corrected chi connectivity index (χ3v) is 5.55. The zero-order chi connectivity index (χ0) is 21.4. The lowest BCUT2D eigenvalue weighted by Crippen LogP contribution is -2.25. The van der Waals surface area contributed by atoms with E-state index in [2.05, 4.69) is 10.1 Å². The topological polar surface area (TPSA) is 124 Å². The average Bonchev–Trinajstić information content (AvgIpc) is 3.00. The molecule has 1 aliphatic rings. The van der Waals surface area contributed by atoms with Crippen molar-refractivity contribution < 1.29 is 26.3 Å². The zero-order valence-corrected chi connectivity index (χ0v) is 16.2. The maximum absolute atomic E-state index is 13.4. The van der Waals surface area contributed by atoms with Crippen molar-refractivity contribution in [3.05, 3.63) is 29.6 Å². The van der Waals surface area contributed by atoms with Crippen LogP contribution in [0.2, 0.25) is 0 Å². The van der Waals surface area contributed by atoms with Crippen molar-refractivity contribution >= 4 is 10.0 Å². The number of primary sulfonamides is 1. The molecule has 0 bridgehead atoms. The van der Waals surface area contributed by atoms with Crippen LogP contribution in [-0.2, 0) is 16.2 Å². The Morgan fingerprint density at radius 3 is 2.59 bits per heavy atom. The fraction of sp³-hybridized carbons (Fsp3) is 0.471. The van der Waals surface area contributed by atoms with Crippen molar-refractivity contribution in [1.82, 2.24) is 14.8 Å². The highest BCUT2D eigenvalue weighted by Gasteiger charge is 2.41. The molecule has 2 N–H and O–H groups in total. The molecule has 29 heavy (non-hydrogen) atoms. The number of hydrogen-bond acceptors (Lipinski definition) is 6. The first-order chi connectivity index (χ1) is 13.5. The molecule has 8 nitrogen and oxygen atoms in total. The number of nitrogens with zero attached hydrogens (tertiary/aromatic N) is 4. The SMILES string of the molecule is CC1CCCC(Oc2c(C#N)c(C(F)(F)F)nn2-c2ccc(S(N)(=O)=O)cn2)C1. The maximum atomic E-state index is 13.4. The molecule has 2 aromatic heterocycles. The smallest absolute Gasteiger partial charge is 0.436 e. The Bertz CT molecular complexity index is 1040. The Labute approximate surface area is 165 Å². The van der Waals surface area contributed by atoms with Gasteiger partial charge in [-0.05, 0) is 37.3 Å². The van der Waals surface area contributed by atoms with E-state index in [1.165, 1.54) is 6.07 Å². The van der Waals surface area contributed by atoms with Crippen LogP contribution in [0.3, 0.4) is 0 Å². The molecule has 1 aliphatic carbocycles. The number of rotatable bonds is 4. The van der Waals surface area contributed by atoms with E-state index in [0.717, 1.165) is 35.9 Å². The monoisotopic (exact) mass is 429 g/mol. The molecule has 0 saturated heterocycles. The van der Waals surface area contributed by atoms with Crippen LogP contribution in [0.1, 0.15) is 43.9 Å². The van der Waals surface area contributed by atoms with E-state index in [9.17, 15) is 26.9 Å². The number of sulfonamides is 1. The standard InChI is InChI=1S/C17H18F3N5O3S/c1-10-3-2-4-11(7-10)28-16-13(8-21)15(17(18,19)20)24-25(16)14-6-5-12(9-23-14)29(22,26)27/h5-6,9-11H,2-4,7H2,1H3,(H2,22,26,27). The molecule has 1 fully saturated rings. The Hall–Kier alpha value is -2.65. The van der Waals surface area contributed by atoms with E-state index in [0.29, 0.717) is 18.8 Å². The third kappa shape index (κ3) is 4.51. The van der Waals surface area contributed by atoms with E-state index in [4.69, 9.17) is 9.88 Å². The number of alkyl halides is 3. The average molecular weight is 429 g/mol. The first-order valence-corrected chi connectivity index (χ1v) is 10.3. The van der Waals surface area contributed by atoms with E-state index in [1.54, 1.807) is 0 Å². The van der Waals surface area contributed by atoms with Gasteiger partial charge in [-0.15, -0.1) is 0 Å². The number of ether oxygens (including phenoxy) is 1. The summed E-state index contributed by atoms with van der Waals surface area (Å²) in [7, 11) is -4.03. The summed E-state index contributed by atoms with van der Waals surface area (Å²) in [5.41, 5.74) is -2.13. The minimum absolute atomic E-state index is 0.136. The predicted octanol–water partition coefficient (Wildman–Crippen LogP) is 2.76. The van der Waals surface area contributed by atoms with Gasteiger partial charge in [0.25, 0.3) is 0 Å². The van der Waals surface area contributed by atoms with E-state index in [1.807, 2.05) is 6.92 Å². The molecular formula is C17H18F3N5O3S. The van der Waals surface area contributed by atoms with Gasteiger partial charge in [0.15, 0.2) is 11.5 Å². The van der Waals surface area contributed by atoms with Gasteiger partial charge in [-0.2, -0.15) is 28.2 Å². The van der Waals surface area contributed by atoms with Crippen LogP contribution in [-0.4, -0.2) is 29.3 Å². The molecule has 0 spiro atoms. The molecule has 156 valence electrons. The van der Waals surface area contributed by atoms with Crippen LogP contribution >= 0.6 is 0 Å². The fourth-order valence-corrected chi connectivity index (χ4v) is 3.73. The lowest BCUT2D eigenvalue weighted by atomic mass is 9.89. The van der Waals surface area contributed by atoms with Gasteiger partial charge in [-0.1, -0.05) is 13.3 Å². The summed E-state index contributed by atoms with van der Waals surface area (Å²) in [5.74, 6) is -0.164. The van der Waals surface area contributed by atoms with Gasteiger partial charge in [-0.25, -0.2) is 18.5 Å². The molecule has 0 radical (unpaired) electrons. The van der Waals surface area contributed by atoms with Crippen molar-refractivity contribution in [3.63, 3.8) is 0 Å². The summed E-state index contributed by atoms with van der Waals surface area (Å²) in [5, 5.41) is 17.9. The Morgan fingerprint density at radius 2 is 2.07 bits per heavy atom. The molecule has 12 heteroatoms. The molecule has 2 aromatic rings. The summed E-state index contributed by atoms with van der Waals surface area (Å²) in [6, 6.07) is 3.76. The lowest BCUT2D eigenvalue weighted by Gasteiger charge is -2.27. The Balaban J connectivity index is 2.10.